The van der Waals surface area contributed by atoms with E-state index in [0.29, 0.717) is 11.6 Å². The lowest BCUT2D eigenvalue weighted by Gasteiger charge is -2.31. The molecule has 2 N–H and O–H groups in total. The van der Waals surface area contributed by atoms with Crippen LogP contribution in [-0.2, 0) is 13.1 Å². The third-order valence-electron chi connectivity index (χ3n) is 5.47. The highest BCUT2D eigenvalue weighted by atomic mass is 35.5. The van der Waals surface area contributed by atoms with Crippen LogP contribution in [0.2, 0.25) is 0 Å². The van der Waals surface area contributed by atoms with Crippen molar-refractivity contribution in [3.63, 3.8) is 0 Å². The SMILES string of the molecule is Cl.O=C(c1n[nH]c2ccccc12)N1CCC(c2nnc3n2CCNC3)CC1. The standard InChI is InChI=1S/C18H21N7O.ClH/c26-18(16-13-3-1-2-4-14(13)20-22-16)24-8-5-12(6-9-24)17-23-21-15-11-19-7-10-25(15)17;/h1-4,12,19H,5-11H2,(H,20,22);1H. The monoisotopic (exact) mass is 387 g/mol. The third-order valence-corrected chi connectivity index (χ3v) is 5.47. The van der Waals surface area contributed by atoms with Crippen molar-refractivity contribution in [2.45, 2.75) is 31.8 Å². The van der Waals surface area contributed by atoms with Crippen LogP contribution >= 0.6 is 12.4 Å². The highest BCUT2D eigenvalue weighted by molar-refractivity contribution is 6.04. The first-order valence-corrected chi connectivity index (χ1v) is 9.16. The number of halogens is 1. The van der Waals surface area contributed by atoms with E-state index in [9.17, 15) is 4.79 Å². The van der Waals surface area contributed by atoms with E-state index in [-0.39, 0.29) is 18.3 Å². The van der Waals surface area contributed by atoms with Crippen LogP contribution in [0.4, 0.5) is 0 Å². The molecule has 0 unspecified atom stereocenters. The van der Waals surface area contributed by atoms with Crippen molar-refractivity contribution < 1.29 is 4.79 Å². The molecule has 2 aliphatic rings. The molecule has 3 aromatic rings. The van der Waals surface area contributed by atoms with E-state index in [1.54, 1.807) is 0 Å². The molecule has 142 valence electrons. The zero-order chi connectivity index (χ0) is 17.5. The molecule has 5 rings (SSSR count). The van der Waals surface area contributed by atoms with E-state index in [2.05, 4.69) is 30.3 Å². The summed E-state index contributed by atoms with van der Waals surface area (Å²) in [5.74, 6) is 2.48. The Balaban J connectivity index is 0.00000180. The molecule has 1 saturated heterocycles. The lowest BCUT2D eigenvalue weighted by molar-refractivity contribution is 0.0706. The van der Waals surface area contributed by atoms with Gasteiger partial charge < -0.3 is 14.8 Å². The number of nitrogens with zero attached hydrogens (tertiary/aromatic N) is 5. The van der Waals surface area contributed by atoms with Gasteiger partial charge in [-0.15, -0.1) is 22.6 Å². The number of amides is 1. The Labute approximate surface area is 162 Å². The zero-order valence-corrected chi connectivity index (χ0v) is 15.7. The van der Waals surface area contributed by atoms with E-state index in [1.807, 2.05) is 29.2 Å². The molecular weight excluding hydrogens is 366 g/mol. The second-order valence-corrected chi connectivity index (χ2v) is 6.99. The number of piperidine rings is 1. The summed E-state index contributed by atoms with van der Waals surface area (Å²) < 4.78 is 2.25. The molecule has 0 atom stereocenters. The molecule has 4 heterocycles. The van der Waals surface area contributed by atoms with Crippen molar-refractivity contribution in [2.24, 2.45) is 0 Å². The number of fused-ring (bicyclic) bond motifs is 2. The maximum atomic E-state index is 12.9. The van der Waals surface area contributed by atoms with Crippen molar-refractivity contribution in [3.05, 3.63) is 41.6 Å². The Morgan fingerprint density at radius 1 is 1.11 bits per heavy atom. The number of hydrogen-bond acceptors (Lipinski definition) is 5. The predicted molar refractivity (Wildman–Crippen MR) is 103 cm³/mol. The molecule has 1 fully saturated rings. The number of aromatic amines is 1. The number of benzene rings is 1. The van der Waals surface area contributed by atoms with Crippen molar-refractivity contribution in [3.8, 4) is 0 Å². The topological polar surface area (TPSA) is 91.7 Å². The van der Waals surface area contributed by atoms with Crippen molar-refractivity contribution in [1.82, 2.24) is 35.2 Å². The van der Waals surface area contributed by atoms with Crippen LogP contribution in [0.15, 0.2) is 24.3 Å². The highest BCUT2D eigenvalue weighted by Gasteiger charge is 2.30. The Morgan fingerprint density at radius 3 is 2.78 bits per heavy atom. The molecule has 8 nitrogen and oxygen atoms in total. The number of H-pyrrole nitrogens is 1. The summed E-state index contributed by atoms with van der Waals surface area (Å²) >= 11 is 0. The van der Waals surface area contributed by atoms with Crippen LogP contribution in [0.5, 0.6) is 0 Å². The van der Waals surface area contributed by atoms with Crippen molar-refractivity contribution >= 4 is 29.2 Å². The third kappa shape index (κ3) is 3.08. The van der Waals surface area contributed by atoms with Gasteiger partial charge in [-0.1, -0.05) is 18.2 Å². The van der Waals surface area contributed by atoms with E-state index in [0.717, 1.165) is 68.1 Å². The minimum Gasteiger partial charge on any atom is -0.337 e. The summed E-state index contributed by atoms with van der Waals surface area (Å²) in [4.78, 5) is 14.8. The molecule has 2 aliphatic heterocycles. The molecule has 1 amide bonds. The van der Waals surface area contributed by atoms with E-state index < -0.39 is 0 Å². The quantitative estimate of drug-likeness (QED) is 0.698. The predicted octanol–water partition coefficient (Wildman–Crippen LogP) is 1.70. The number of carbonyl (C=O) groups is 1. The van der Waals surface area contributed by atoms with Gasteiger partial charge in [-0.2, -0.15) is 5.10 Å². The molecule has 0 radical (unpaired) electrons. The van der Waals surface area contributed by atoms with Crippen LogP contribution in [0.25, 0.3) is 10.9 Å². The molecule has 0 saturated carbocycles. The summed E-state index contributed by atoms with van der Waals surface area (Å²) in [5, 5.41) is 20.2. The van der Waals surface area contributed by atoms with Gasteiger partial charge in [-0.25, -0.2) is 0 Å². The van der Waals surface area contributed by atoms with Crippen molar-refractivity contribution in [2.75, 3.05) is 19.6 Å². The normalized spacial score (nSPS) is 17.6. The number of aromatic nitrogens is 5. The van der Waals surface area contributed by atoms with Gasteiger partial charge in [0.05, 0.1) is 12.1 Å². The number of nitrogens with one attached hydrogen (secondary N) is 2. The molecule has 0 spiro atoms. The summed E-state index contributed by atoms with van der Waals surface area (Å²) in [5.41, 5.74) is 1.42. The largest absolute Gasteiger partial charge is 0.337 e. The average molecular weight is 388 g/mol. The summed E-state index contributed by atoms with van der Waals surface area (Å²) in [7, 11) is 0. The van der Waals surface area contributed by atoms with Gasteiger partial charge in [-0.05, 0) is 18.9 Å². The molecule has 0 bridgehead atoms. The fourth-order valence-electron chi connectivity index (χ4n) is 4.03. The van der Waals surface area contributed by atoms with Gasteiger partial charge in [-0.3, -0.25) is 9.89 Å². The Kier molecular flexibility index (Phi) is 4.84. The molecule has 2 aromatic heterocycles. The second kappa shape index (κ2) is 7.28. The van der Waals surface area contributed by atoms with Gasteiger partial charge in [0.2, 0.25) is 0 Å². The maximum Gasteiger partial charge on any atom is 0.274 e. The highest BCUT2D eigenvalue weighted by Crippen LogP contribution is 2.29. The number of para-hydroxylation sites is 1. The van der Waals surface area contributed by atoms with E-state index in [4.69, 9.17) is 0 Å². The Hall–Kier alpha value is -2.45. The van der Waals surface area contributed by atoms with E-state index in [1.165, 1.54) is 0 Å². The van der Waals surface area contributed by atoms with Crippen molar-refractivity contribution in [1.29, 1.82) is 0 Å². The molecule has 9 heteroatoms. The second-order valence-electron chi connectivity index (χ2n) is 6.99. The van der Waals surface area contributed by atoms with Gasteiger partial charge >= 0.3 is 0 Å². The number of likely N-dealkylation sites (tertiary alicyclic amines) is 1. The summed E-state index contributed by atoms with van der Waals surface area (Å²) in [6.07, 6.45) is 1.83. The molecular formula is C18H22ClN7O. The first kappa shape index (κ1) is 17.9. The summed E-state index contributed by atoms with van der Waals surface area (Å²) in [6, 6.07) is 7.75. The molecule has 0 aliphatic carbocycles. The van der Waals surface area contributed by atoms with E-state index >= 15 is 0 Å². The molecule has 1 aromatic carbocycles. The van der Waals surface area contributed by atoms with Crippen LogP contribution < -0.4 is 5.32 Å². The lowest BCUT2D eigenvalue weighted by atomic mass is 9.95. The van der Waals surface area contributed by atoms with Crippen LogP contribution in [0, 0.1) is 0 Å². The fourth-order valence-corrected chi connectivity index (χ4v) is 4.03. The first-order valence-electron chi connectivity index (χ1n) is 9.16. The first-order chi connectivity index (χ1) is 12.8. The van der Waals surface area contributed by atoms with Crippen LogP contribution in [0.1, 0.15) is 40.9 Å². The Morgan fingerprint density at radius 2 is 1.93 bits per heavy atom. The smallest absolute Gasteiger partial charge is 0.274 e. The number of rotatable bonds is 2. The van der Waals surface area contributed by atoms with Gasteiger partial charge in [0.1, 0.15) is 11.6 Å². The average Bonchev–Trinajstić information content (AvgIpc) is 3.32. The zero-order valence-electron chi connectivity index (χ0n) is 14.9. The van der Waals surface area contributed by atoms with Crippen LogP contribution in [0.3, 0.4) is 0 Å². The van der Waals surface area contributed by atoms with Gasteiger partial charge in [0, 0.05) is 37.5 Å². The van der Waals surface area contributed by atoms with Gasteiger partial charge in [0.15, 0.2) is 5.69 Å². The lowest BCUT2D eigenvalue weighted by Crippen LogP contribution is -2.39. The minimum absolute atomic E-state index is 0. The summed E-state index contributed by atoms with van der Waals surface area (Å²) in [6.45, 7) is 4.13. The minimum atomic E-state index is 0. The fraction of sp³-hybridized carbons (Fsp3) is 0.444. The number of hydrogen-bond donors (Lipinski definition) is 2. The maximum absolute atomic E-state index is 12.9. The molecule has 27 heavy (non-hydrogen) atoms. The Bertz CT molecular complexity index is 958. The van der Waals surface area contributed by atoms with Gasteiger partial charge in [0.25, 0.3) is 5.91 Å². The van der Waals surface area contributed by atoms with Crippen LogP contribution in [-0.4, -0.2) is 55.4 Å². The number of carbonyl (C=O) groups excluding carboxylic acids is 1.